The van der Waals surface area contributed by atoms with Crippen LogP contribution in [0.5, 0.6) is 5.75 Å². The van der Waals surface area contributed by atoms with Crippen LogP contribution in [0.4, 0.5) is 0 Å². The van der Waals surface area contributed by atoms with Gasteiger partial charge in [-0.2, -0.15) is 4.72 Å². The number of carbonyl (C=O) groups excluding carboxylic acids is 2. The number of amides is 1. The second-order valence-corrected chi connectivity index (χ2v) is 7.68. The fourth-order valence-electron chi connectivity index (χ4n) is 2.26. The number of hydrogen-bond donors (Lipinski definition) is 2. The van der Waals surface area contributed by atoms with Crippen molar-refractivity contribution >= 4 is 33.5 Å². The third-order valence-corrected chi connectivity index (χ3v) is 5.42. The standard InChI is InChI=1S/C17H17ClN2O6S/c1-10-7-12(18)14(8-13(10)26-9-15(19)21)27(24,25)20-16(17(22)23)11-5-3-2-4-6-11/h2-8,16,20H,9H2,1H3,(H2,19,21)(H,22,23)/p-1/t16-/m1/s1. The Morgan fingerprint density at radius 3 is 2.44 bits per heavy atom. The molecule has 0 saturated heterocycles. The van der Waals surface area contributed by atoms with E-state index >= 15 is 0 Å². The van der Waals surface area contributed by atoms with Gasteiger partial charge in [0.2, 0.25) is 10.0 Å². The number of carboxylic acid groups (broad SMARTS) is 1. The first-order chi connectivity index (χ1) is 12.6. The highest BCUT2D eigenvalue weighted by Crippen LogP contribution is 2.30. The summed E-state index contributed by atoms with van der Waals surface area (Å²) in [5.74, 6) is -2.30. The van der Waals surface area contributed by atoms with Crippen molar-refractivity contribution in [1.82, 2.24) is 4.72 Å². The lowest BCUT2D eigenvalue weighted by molar-refractivity contribution is -0.308. The number of rotatable bonds is 8. The normalized spacial score (nSPS) is 12.4. The molecule has 2 rings (SSSR count). The number of nitrogens with one attached hydrogen (secondary N) is 1. The van der Waals surface area contributed by atoms with Crippen LogP contribution in [0.3, 0.4) is 0 Å². The summed E-state index contributed by atoms with van der Waals surface area (Å²) in [4.78, 5) is 21.9. The Morgan fingerprint density at radius 2 is 1.89 bits per heavy atom. The van der Waals surface area contributed by atoms with Crippen molar-refractivity contribution in [2.45, 2.75) is 17.9 Å². The van der Waals surface area contributed by atoms with Gasteiger partial charge in [-0.25, -0.2) is 8.42 Å². The molecule has 0 radical (unpaired) electrons. The van der Waals surface area contributed by atoms with Gasteiger partial charge in [0.1, 0.15) is 10.6 Å². The van der Waals surface area contributed by atoms with Gasteiger partial charge >= 0.3 is 0 Å². The minimum Gasteiger partial charge on any atom is -0.548 e. The summed E-state index contributed by atoms with van der Waals surface area (Å²) < 4.78 is 32.6. The SMILES string of the molecule is Cc1cc(Cl)c(S(=O)(=O)N[C@@H](C(=O)[O-])c2ccccc2)cc1OCC(N)=O. The molecule has 27 heavy (non-hydrogen) atoms. The minimum absolute atomic E-state index is 0.0725. The molecule has 0 bridgehead atoms. The van der Waals surface area contributed by atoms with Crippen molar-refractivity contribution in [3.8, 4) is 5.75 Å². The van der Waals surface area contributed by atoms with Crippen molar-refractivity contribution in [3.63, 3.8) is 0 Å². The first-order valence-electron chi connectivity index (χ1n) is 7.61. The van der Waals surface area contributed by atoms with E-state index in [4.69, 9.17) is 22.1 Å². The van der Waals surface area contributed by atoms with E-state index in [2.05, 4.69) is 4.72 Å². The van der Waals surface area contributed by atoms with Crippen LogP contribution >= 0.6 is 11.6 Å². The molecule has 2 aromatic rings. The van der Waals surface area contributed by atoms with Crippen molar-refractivity contribution in [2.75, 3.05) is 6.61 Å². The molecule has 0 heterocycles. The number of carboxylic acids is 1. The number of hydrogen-bond acceptors (Lipinski definition) is 6. The fraction of sp³-hybridized carbons (Fsp3) is 0.176. The molecule has 1 atom stereocenters. The zero-order valence-corrected chi connectivity index (χ0v) is 15.7. The number of primary amides is 1. The number of benzene rings is 2. The average Bonchev–Trinajstić information content (AvgIpc) is 2.59. The second kappa shape index (κ2) is 8.38. The van der Waals surface area contributed by atoms with Gasteiger partial charge in [0, 0.05) is 6.07 Å². The summed E-state index contributed by atoms with van der Waals surface area (Å²) in [6.45, 7) is 1.14. The molecular formula is C17H16ClN2O6S-. The lowest BCUT2D eigenvalue weighted by Crippen LogP contribution is -2.41. The number of nitrogens with two attached hydrogens (primary N) is 1. The molecule has 0 spiro atoms. The molecule has 10 heteroatoms. The molecule has 1 amide bonds. The van der Waals surface area contributed by atoms with Gasteiger partial charge in [-0.15, -0.1) is 0 Å². The molecule has 0 saturated carbocycles. The maximum Gasteiger partial charge on any atom is 0.255 e. The van der Waals surface area contributed by atoms with Crippen molar-refractivity contribution in [2.24, 2.45) is 5.73 Å². The summed E-state index contributed by atoms with van der Waals surface area (Å²) in [5.41, 5.74) is 5.68. The minimum atomic E-state index is -4.36. The third-order valence-electron chi connectivity index (χ3n) is 3.53. The van der Waals surface area contributed by atoms with Crippen molar-refractivity contribution in [3.05, 3.63) is 58.6 Å². The maximum absolute atomic E-state index is 12.7. The number of ether oxygens (including phenoxy) is 1. The average molecular weight is 412 g/mol. The quantitative estimate of drug-likeness (QED) is 0.639. The Hall–Kier alpha value is -2.62. The van der Waals surface area contributed by atoms with Crippen molar-refractivity contribution < 1.29 is 27.9 Å². The summed E-state index contributed by atoms with van der Waals surface area (Å²) in [6, 6.07) is 8.47. The molecule has 0 fully saturated rings. The largest absolute Gasteiger partial charge is 0.548 e. The number of aliphatic carboxylic acids is 1. The molecular weight excluding hydrogens is 396 g/mol. The van der Waals surface area contributed by atoms with Gasteiger partial charge in [-0.3, -0.25) is 4.79 Å². The number of carbonyl (C=O) groups is 2. The highest BCUT2D eigenvalue weighted by atomic mass is 35.5. The molecule has 0 aromatic heterocycles. The second-order valence-electron chi connectivity index (χ2n) is 5.59. The van der Waals surface area contributed by atoms with E-state index in [1.807, 2.05) is 0 Å². The lowest BCUT2D eigenvalue weighted by atomic mass is 10.1. The van der Waals surface area contributed by atoms with Gasteiger partial charge in [-0.05, 0) is 24.1 Å². The summed E-state index contributed by atoms with van der Waals surface area (Å²) >= 11 is 6.03. The fourth-order valence-corrected chi connectivity index (χ4v) is 4.03. The Bertz CT molecular complexity index is 963. The van der Waals surface area contributed by atoms with E-state index in [0.717, 1.165) is 6.07 Å². The van der Waals surface area contributed by atoms with Crippen LogP contribution in [0.1, 0.15) is 17.2 Å². The first kappa shape index (κ1) is 20.7. The zero-order chi connectivity index (χ0) is 20.2. The Morgan fingerprint density at radius 1 is 1.26 bits per heavy atom. The van der Waals surface area contributed by atoms with Crippen LogP contribution in [0.25, 0.3) is 0 Å². The van der Waals surface area contributed by atoms with Crippen LogP contribution in [-0.4, -0.2) is 26.9 Å². The van der Waals surface area contributed by atoms with E-state index in [1.165, 1.54) is 18.2 Å². The van der Waals surface area contributed by atoms with E-state index in [-0.39, 0.29) is 16.3 Å². The Kier molecular flexibility index (Phi) is 6.42. The van der Waals surface area contributed by atoms with Gasteiger partial charge in [-0.1, -0.05) is 41.9 Å². The zero-order valence-electron chi connectivity index (χ0n) is 14.1. The topological polar surface area (TPSA) is 139 Å². The number of aryl methyl sites for hydroxylation is 1. The van der Waals surface area contributed by atoms with Crippen LogP contribution in [0, 0.1) is 6.92 Å². The van der Waals surface area contributed by atoms with Gasteiger partial charge in [0.05, 0.1) is 17.0 Å². The molecule has 0 aliphatic carbocycles. The summed E-state index contributed by atoms with van der Waals surface area (Å²) in [7, 11) is -4.36. The Balaban J connectivity index is 2.41. The molecule has 0 unspecified atom stereocenters. The van der Waals surface area contributed by atoms with Gasteiger partial charge in [0.25, 0.3) is 5.91 Å². The number of halogens is 1. The van der Waals surface area contributed by atoms with E-state index < -0.39 is 39.4 Å². The highest BCUT2D eigenvalue weighted by Gasteiger charge is 2.25. The Labute approximate surface area is 160 Å². The molecule has 144 valence electrons. The molecule has 0 aliphatic rings. The predicted molar refractivity (Wildman–Crippen MR) is 95.4 cm³/mol. The molecule has 8 nitrogen and oxygen atoms in total. The third kappa shape index (κ3) is 5.19. The van der Waals surface area contributed by atoms with Gasteiger partial charge < -0.3 is 20.4 Å². The van der Waals surface area contributed by atoms with E-state index in [9.17, 15) is 23.1 Å². The first-order valence-corrected chi connectivity index (χ1v) is 9.47. The highest BCUT2D eigenvalue weighted by molar-refractivity contribution is 7.89. The van der Waals surface area contributed by atoms with Gasteiger partial charge in [0.15, 0.2) is 6.61 Å². The van der Waals surface area contributed by atoms with Crippen LogP contribution in [0.15, 0.2) is 47.4 Å². The smallest absolute Gasteiger partial charge is 0.255 e. The number of sulfonamides is 1. The monoisotopic (exact) mass is 411 g/mol. The van der Waals surface area contributed by atoms with Crippen molar-refractivity contribution in [1.29, 1.82) is 0 Å². The van der Waals surface area contributed by atoms with E-state index in [0.29, 0.717) is 5.56 Å². The lowest BCUT2D eigenvalue weighted by Gasteiger charge is -2.21. The summed E-state index contributed by atoms with van der Waals surface area (Å²) in [5, 5.41) is 11.3. The predicted octanol–water partition coefficient (Wildman–Crippen LogP) is 0.282. The van der Waals surface area contributed by atoms with Crippen LogP contribution in [0.2, 0.25) is 5.02 Å². The van der Waals surface area contributed by atoms with Crippen LogP contribution < -0.4 is 20.3 Å². The van der Waals surface area contributed by atoms with E-state index in [1.54, 1.807) is 25.1 Å². The van der Waals surface area contributed by atoms with Crippen LogP contribution in [-0.2, 0) is 19.6 Å². The summed E-state index contributed by atoms with van der Waals surface area (Å²) in [6.07, 6.45) is 0. The molecule has 3 N–H and O–H groups in total. The maximum atomic E-state index is 12.7. The molecule has 2 aromatic carbocycles. The molecule has 0 aliphatic heterocycles.